The Morgan fingerprint density at radius 1 is 1.54 bits per heavy atom. The zero-order valence-electron chi connectivity index (χ0n) is 8.67. The molecule has 0 radical (unpaired) electrons. The molecule has 0 aromatic carbocycles. The number of nitrogens with two attached hydrogens (primary N) is 1. The molecule has 1 rings (SSSR count). The van der Waals surface area contributed by atoms with Gasteiger partial charge in [0.1, 0.15) is 5.82 Å². The second-order valence-electron chi connectivity index (χ2n) is 4.09. The quantitative estimate of drug-likeness (QED) is 0.741. The molecule has 1 heterocycles. The average Bonchev–Trinajstić information content (AvgIpc) is 2.33. The van der Waals surface area contributed by atoms with Crippen molar-refractivity contribution in [2.75, 3.05) is 0 Å². The third kappa shape index (κ3) is 3.59. The van der Waals surface area contributed by atoms with E-state index in [1.54, 1.807) is 0 Å². The summed E-state index contributed by atoms with van der Waals surface area (Å²) in [6.45, 7) is 6.34. The summed E-state index contributed by atoms with van der Waals surface area (Å²) in [6.07, 6.45) is 3.84. The van der Waals surface area contributed by atoms with Crippen LogP contribution >= 0.6 is 0 Å². The summed E-state index contributed by atoms with van der Waals surface area (Å²) >= 11 is 0. The summed E-state index contributed by atoms with van der Waals surface area (Å²) in [6, 6.07) is 0.250. The Hall–Kier alpha value is -0.830. The zero-order chi connectivity index (χ0) is 9.84. The second kappa shape index (κ2) is 4.42. The lowest BCUT2D eigenvalue weighted by Gasteiger charge is -2.12. The molecule has 3 heteroatoms. The van der Waals surface area contributed by atoms with E-state index in [9.17, 15) is 0 Å². The van der Waals surface area contributed by atoms with Gasteiger partial charge in [-0.1, -0.05) is 13.8 Å². The SMILES string of the molecule is Cc1ncc(CC(N)CC(C)C)[nH]1. The number of aromatic amines is 1. The van der Waals surface area contributed by atoms with Gasteiger partial charge in [-0.25, -0.2) is 4.98 Å². The molecule has 3 N–H and O–H groups in total. The molecule has 3 nitrogen and oxygen atoms in total. The van der Waals surface area contributed by atoms with E-state index in [0.717, 1.165) is 24.4 Å². The fraction of sp³-hybridized carbons (Fsp3) is 0.700. The Morgan fingerprint density at radius 2 is 2.23 bits per heavy atom. The number of aromatic nitrogens is 2. The molecule has 0 aliphatic heterocycles. The van der Waals surface area contributed by atoms with Crippen molar-refractivity contribution in [3.63, 3.8) is 0 Å². The predicted octanol–water partition coefficient (Wildman–Crippen LogP) is 1.63. The van der Waals surface area contributed by atoms with Crippen LogP contribution < -0.4 is 5.73 Å². The molecule has 0 saturated heterocycles. The first-order valence-corrected chi connectivity index (χ1v) is 4.84. The first-order chi connectivity index (χ1) is 6.08. The highest BCUT2D eigenvalue weighted by Gasteiger charge is 2.07. The van der Waals surface area contributed by atoms with Gasteiger partial charge in [-0.3, -0.25) is 0 Å². The van der Waals surface area contributed by atoms with E-state index < -0.39 is 0 Å². The Kier molecular flexibility index (Phi) is 3.48. The number of H-pyrrole nitrogens is 1. The largest absolute Gasteiger partial charge is 0.346 e. The van der Waals surface area contributed by atoms with Gasteiger partial charge in [0.05, 0.1) is 0 Å². The minimum Gasteiger partial charge on any atom is -0.346 e. The second-order valence-corrected chi connectivity index (χ2v) is 4.09. The molecular weight excluding hydrogens is 162 g/mol. The molecule has 1 aromatic rings. The Bertz CT molecular complexity index is 252. The number of aryl methyl sites for hydroxylation is 1. The van der Waals surface area contributed by atoms with Crippen LogP contribution in [0.4, 0.5) is 0 Å². The normalized spacial score (nSPS) is 13.6. The van der Waals surface area contributed by atoms with Crippen molar-refractivity contribution in [3.05, 3.63) is 17.7 Å². The smallest absolute Gasteiger partial charge is 0.103 e. The van der Waals surface area contributed by atoms with Crippen LogP contribution in [0.15, 0.2) is 6.20 Å². The van der Waals surface area contributed by atoms with Crippen molar-refractivity contribution >= 4 is 0 Å². The summed E-state index contributed by atoms with van der Waals surface area (Å²) in [5, 5.41) is 0. The van der Waals surface area contributed by atoms with Crippen LogP contribution in [0.1, 0.15) is 31.8 Å². The van der Waals surface area contributed by atoms with E-state index in [1.807, 2.05) is 13.1 Å². The third-order valence-electron chi connectivity index (χ3n) is 2.01. The van der Waals surface area contributed by atoms with Crippen LogP contribution in [0, 0.1) is 12.8 Å². The fourth-order valence-corrected chi connectivity index (χ4v) is 1.55. The highest BCUT2D eigenvalue weighted by atomic mass is 14.9. The lowest BCUT2D eigenvalue weighted by Crippen LogP contribution is -2.24. The highest BCUT2D eigenvalue weighted by molar-refractivity contribution is 5.01. The van der Waals surface area contributed by atoms with Crippen molar-refractivity contribution in [2.24, 2.45) is 11.7 Å². The first-order valence-electron chi connectivity index (χ1n) is 4.84. The summed E-state index contributed by atoms with van der Waals surface area (Å²) in [5.74, 6) is 1.63. The van der Waals surface area contributed by atoms with Gasteiger partial charge in [0.2, 0.25) is 0 Å². The molecule has 0 amide bonds. The van der Waals surface area contributed by atoms with Crippen LogP contribution in [0.5, 0.6) is 0 Å². The van der Waals surface area contributed by atoms with Crippen LogP contribution in [-0.2, 0) is 6.42 Å². The van der Waals surface area contributed by atoms with Gasteiger partial charge in [0.15, 0.2) is 0 Å². The van der Waals surface area contributed by atoms with Gasteiger partial charge in [0, 0.05) is 24.4 Å². The van der Waals surface area contributed by atoms with Gasteiger partial charge < -0.3 is 10.7 Å². The lowest BCUT2D eigenvalue weighted by molar-refractivity contribution is 0.491. The molecular formula is C10H19N3. The van der Waals surface area contributed by atoms with Crippen molar-refractivity contribution in [1.82, 2.24) is 9.97 Å². The van der Waals surface area contributed by atoms with Gasteiger partial charge in [-0.05, 0) is 19.3 Å². The van der Waals surface area contributed by atoms with Crippen molar-refractivity contribution in [3.8, 4) is 0 Å². The summed E-state index contributed by atoms with van der Waals surface area (Å²) in [5.41, 5.74) is 7.11. The first kappa shape index (κ1) is 10.3. The molecule has 0 spiro atoms. The predicted molar refractivity (Wildman–Crippen MR) is 54.5 cm³/mol. The molecule has 1 unspecified atom stereocenters. The van der Waals surface area contributed by atoms with Gasteiger partial charge in [-0.15, -0.1) is 0 Å². The number of nitrogens with one attached hydrogen (secondary N) is 1. The molecule has 0 aliphatic carbocycles. The third-order valence-corrected chi connectivity index (χ3v) is 2.01. The van der Waals surface area contributed by atoms with Gasteiger partial charge in [-0.2, -0.15) is 0 Å². The van der Waals surface area contributed by atoms with Gasteiger partial charge >= 0.3 is 0 Å². The lowest BCUT2D eigenvalue weighted by atomic mass is 10.0. The monoisotopic (exact) mass is 181 g/mol. The Labute approximate surface area is 79.8 Å². The molecule has 0 fully saturated rings. The summed E-state index contributed by atoms with van der Waals surface area (Å²) < 4.78 is 0. The number of nitrogens with zero attached hydrogens (tertiary/aromatic N) is 1. The molecule has 0 aliphatic rings. The van der Waals surface area contributed by atoms with E-state index in [0.29, 0.717) is 5.92 Å². The van der Waals surface area contributed by atoms with Crippen LogP contribution in [-0.4, -0.2) is 16.0 Å². The number of imidazole rings is 1. The highest BCUT2D eigenvalue weighted by Crippen LogP contribution is 2.07. The summed E-state index contributed by atoms with van der Waals surface area (Å²) in [4.78, 5) is 7.33. The van der Waals surface area contributed by atoms with Crippen LogP contribution in [0.25, 0.3) is 0 Å². The molecule has 0 bridgehead atoms. The molecule has 1 aromatic heterocycles. The van der Waals surface area contributed by atoms with Crippen molar-refractivity contribution in [2.45, 2.75) is 39.7 Å². The van der Waals surface area contributed by atoms with Crippen molar-refractivity contribution < 1.29 is 0 Å². The van der Waals surface area contributed by atoms with E-state index in [1.165, 1.54) is 0 Å². The van der Waals surface area contributed by atoms with Gasteiger partial charge in [0.25, 0.3) is 0 Å². The fourth-order valence-electron chi connectivity index (χ4n) is 1.55. The van der Waals surface area contributed by atoms with E-state index in [-0.39, 0.29) is 6.04 Å². The standard InChI is InChI=1S/C10H19N3/c1-7(2)4-9(11)5-10-6-12-8(3)13-10/h6-7,9H,4-5,11H2,1-3H3,(H,12,13). The maximum atomic E-state index is 5.97. The maximum Gasteiger partial charge on any atom is 0.103 e. The number of hydrogen-bond acceptors (Lipinski definition) is 2. The van der Waals surface area contributed by atoms with Crippen LogP contribution in [0.3, 0.4) is 0 Å². The maximum absolute atomic E-state index is 5.97. The molecule has 1 atom stereocenters. The minimum atomic E-state index is 0.250. The topological polar surface area (TPSA) is 54.7 Å². The van der Waals surface area contributed by atoms with E-state index in [4.69, 9.17) is 5.73 Å². The molecule has 74 valence electrons. The van der Waals surface area contributed by atoms with Crippen LogP contribution in [0.2, 0.25) is 0 Å². The van der Waals surface area contributed by atoms with Crippen molar-refractivity contribution in [1.29, 1.82) is 0 Å². The van der Waals surface area contributed by atoms with E-state index in [2.05, 4.69) is 23.8 Å². The number of hydrogen-bond donors (Lipinski definition) is 2. The molecule has 0 saturated carbocycles. The summed E-state index contributed by atoms with van der Waals surface area (Å²) in [7, 11) is 0. The number of rotatable bonds is 4. The average molecular weight is 181 g/mol. The Balaban J connectivity index is 2.40. The zero-order valence-corrected chi connectivity index (χ0v) is 8.67. The molecule has 13 heavy (non-hydrogen) atoms. The minimum absolute atomic E-state index is 0.250. The Morgan fingerprint density at radius 3 is 2.69 bits per heavy atom. The van der Waals surface area contributed by atoms with E-state index >= 15 is 0 Å².